The van der Waals surface area contributed by atoms with E-state index in [-0.39, 0.29) is 5.91 Å². The van der Waals surface area contributed by atoms with Crippen LogP contribution in [-0.4, -0.2) is 26.2 Å². The predicted octanol–water partition coefficient (Wildman–Crippen LogP) is 3.35. The van der Waals surface area contributed by atoms with Crippen molar-refractivity contribution in [3.63, 3.8) is 0 Å². The van der Waals surface area contributed by atoms with Crippen molar-refractivity contribution in [1.29, 1.82) is 0 Å². The Kier molecular flexibility index (Phi) is 4.89. The number of benzene rings is 2. The summed E-state index contributed by atoms with van der Waals surface area (Å²) in [6.07, 6.45) is 1.10. The number of carbonyl (C=O) groups excluding carboxylic acids is 1. The number of rotatable bonds is 5. The summed E-state index contributed by atoms with van der Waals surface area (Å²) in [7, 11) is 1.66. The number of anilines is 1. The fraction of sp³-hybridized carbons (Fsp3) is 0.316. The molecule has 0 saturated heterocycles. The number of nitrogens with one attached hydrogen (secondary N) is 1. The van der Waals surface area contributed by atoms with Crippen LogP contribution in [0.1, 0.15) is 17.5 Å². The maximum absolute atomic E-state index is 12.2. The summed E-state index contributed by atoms with van der Waals surface area (Å²) in [6.45, 7) is 3.08. The first-order chi connectivity index (χ1) is 11.7. The Morgan fingerprint density at radius 3 is 2.67 bits per heavy atom. The van der Waals surface area contributed by atoms with Crippen LogP contribution in [0, 0.1) is 6.92 Å². The van der Waals surface area contributed by atoms with Crippen LogP contribution in [0.5, 0.6) is 17.2 Å². The van der Waals surface area contributed by atoms with Gasteiger partial charge in [-0.25, -0.2) is 0 Å². The summed E-state index contributed by atoms with van der Waals surface area (Å²) in [5.74, 6) is 2.22. The number of hydrogen-bond acceptors (Lipinski definition) is 4. The van der Waals surface area contributed by atoms with Crippen molar-refractivity contribution in [3.05, 3.63) is 47.5 Å². The molecule has 1 aliphatic rings. The normalized spacial score (nSPS) is 12.6. The lowest BCUT2D eigenvalue weighted by Gasteiger charge is -2.19. The van der Waals surface area contributed by atoms with E-state index in [2.05, 4.69) is 11.4 Å². The van der Waals surface area contributed by atoms with Gasteiger partial charge in [-0.3, -0.25) is 4.79 Å². The minimum atomic E-state index is -0.0276. The minimum absolute atomic E-state index is 0.0276. The summed E-state index contributed by atoms with van der Waals surface area (Å²) in [6, 6.07) is 11.4. The highest BCUT2D eigenvalue weighted by molar-refractivity contribution is 5.91. The summed E-state index contributed by atoms with van der Waals surface area (Å²) in [4.78, 5) is 12.2. The van der Waals surface area contributed by atoms with Gasteiger partial charge in [0.1, 0.15) is 19.0 Å². The van der Waals surface area contributed by atoms with Gasteiger partial charge in [0.15, 0.2) is 11.5 Å². The highest BCUT2D eigenvalue weighted by atomic mass is 16.6. The van der Waals surface area contributed by atoms with Crippen LogP contribution in [0.2, 0.25) is 0 Å². The Hall–Kier alpha value is -2.69. The molecule has 0 unspecified atom stereocenters. The largest absolute Gasteiger partial charge is 0.496 e. The highest BCUT2D eigenvalue weighted by Crippen LogP contribution is 2.32. The molecule has 126 valence electrons. The zero-order chi connectivity index (χ0) is 16.9. The van der Waals surface area contributed by atoms with Crippen molar-refractivity contribution in [3.8, 4) is 17.2 Å². The molecule has 0 aliphatic carbocycles. The van der Waals surface area contributed by atoms with Crippen molar-refractivity contribution in [2.45, 2.75) is 19.8 Å². The summed E-state index contributed by atoms with van der Waals surface area (Å²) >= 11 is 0. The fourth-order valence-electron chi connectivity index (χ4n) is 2.70. The van der Waals surface area contributed by atoms with E-state index >= 15 is 0 Å². The molecule has 1 amide bonds. The van der Waals surface area contributed by atoms with Gasteiger partial charge in [0.05, 0.1) is 7.11 Å². The van der Waals surface area contributed by atoms with Gasteiger partial charge in [-0.15, -0.1) is 0 Å². The fourth-order valence-corrected chi connectivity index (χ4v) is 2.70. The lowest BCUT2D eigenvalue weighted by atomic mass is 10.1. The molecule has 0 aromatic heterocycles. The van der Waals surface area contributed by atoms with Gasteiger partial charge in [-0.1, -0.05) is 12.1 Å². The molecule has 3 rings (SSSR count). The summed E-state index contributed by atoms with van der Waals surface area (Å²) in [5, 5.41) is 2.90. The van der Waals surface area contributed by atoms with Crippen LogP contribution in [0.3, 0.4) is 0 Å². The first-order valence-electron chi connectivity index (χ1n) is 7.99. The number of carbonyl (C=O) groups is 1. The van der Waals surface area contributed by atoms with Gasteiger partial charge in [-0.2, -0.15) is 0 Å². The Labute approximate surface area is 141 Å². The first kappa shape index (κ1) is 16.2. The molecule has 0 radical (unpaired) electrons. The number of methoxy groups -OCH3 is 1. The molecule has 2 aromatic rings. The third kappa shape index (κ3) is 3.79. The van der Waals surface area contributed by atoms with Gasteiger partial charge in [0.2, 0.25) is 5.91 Å². The second-order valence-electron chi connectivity index (χ2n) is 5.71. The molecule has 24 heavy (non-hydrogen) atoms. The van der Waals surface area contributed by atoms with Crippen molar-refractivity contribution in [2.75, 3.05) is 25.6 Å². The molecule has 5 heteroatoms. The molecule has 2 aromatic carbocycles. The number of amides is 1. The lowest BCUT2D eigenvalue weighted by Crippen LogP contribution is -2.16. The lowest BCUT2D eigenvalue weighted by molar-refractivity contribution is -0.116. The predicted molar refractivity (Wildman–Crippen MR) is 92.1 cm³/mol. The number of ether oxygens (including phenoxy) is 3. The van der Waals surface area contributed by atoms with Crippen LogP contribution >= 0.6 is 0 Å². The van der Waals surface area contributed by atoms with Crippen LogP contribution < -0.4 is 19.5 Å². The van der Waals surface area contributed by atoms with Crippen LogP contribution in [0.25, 0.3) is 0 Å². The average molecular weight is 327 g/mol. The van der Waals surface area contributed by atoms with E-state index in [4.69, 9.17) is 14.2 Å². The average Bonchev–Trinajstić information content (AvgIpc) is 2.60. The molecule has 1 aliphatic heterocycles. The zero-order valence-corrected chi connectivity index (χ0v) is 13.9. The highest BCUT2D eigenvalue weighted by Gasteiger charge is 2.13. The second-order valence-corrected chi connectivity index (χ2v) is 5.71. The van der Waals surface area contributed by atoms with Crippen LogP contribution in [-0.2, 0) is 11.2 Å². The van der Waals surface area contributed by atoms with Crippen molar-refractivity contribution < 1.29 is 19.0 Å². The van der Waals surface area contributed by atoms with E-state index in [1.54, 1.807) is 13.2 Å². The molecule has 1 N–H and O–H groups in total. The van der Waals surface area contributed by atoms with Crippen molar-refractivity contribution in [2.24, 2.45) is 0 Å². The number of hydrogen-bond donors (Lipinski definition) is 1. The van der Waals surface area contributed by atoms with Crippen LogP contribution in [0.4, 0.5) is 5.69 Å². The molecular weight excluding hydrogens is 306 g/mol. The second kappa shape index (κ2) is 7.25. The third-order valence-corrected chi connectivity index (χ3v) is 3.93. The van der Waals surface area contributed by atoms with Gasteiger partial charge in [0.25, 0.3) is 0 Å². The SMILES string of the molecule is COc1ccc(CCC(=O)Nc2ccc3c(c2)OCCO3)cc1C. The zero-order valence-electron chi connectivity index (χ0n) is 13.9. The minimum Gasteiger partial charge on any atom is -0.496 e. The summed E-state index contributed by atoms with van der Waals surface area (Å²) < 4.78 is 16.2. The van der Waals surface area contributed by atoms with E-state index in [9.17, 15) is 4.79 Å². The van der Waals surface area contributed by atoms with Gasteiger partial charge in [0, 0.05) is 18.2 Å². The molecule has 0 bridgehead atoms. The monoisotopic (exact) mass is 327 g/mol. The van der Waals surface area contributed by atoms with Gasteiger partial charge < -0.3 is 19.5 Å². The molecule has 1 heterocycles. The van der Waals surface area contributed by atoms with Crippen molar-refractivity contribution in [1.82, 2.24) is 0 Å². The van der Waals surface area contributed by atoms with E-state index in [0.29, 0.717) is 37.6 Å². The Morgan fingerprint density at radius 2 is 1.92 bits per heavy atom. The van der Waals surface area contributed by atoms with Crippen LogP contribution in [0.15, 0.2) is 36.4 Å². The summed E-state index contributed by atoms with van der Waals surface area (Å²) in [5.41, 5.74) is 2.91. The smallest absolute Gasteiger partial charge is 0.224 e. The molecule has 0 fully saturated rings. The van der Waals surface area contributed by atoms with E-state index in [1.807, 2.05) is 31.2 Å². The first-order valence-corrected chi connectivity index (χ1v) is 7.99. The maximum Gasteiger partial charge on any atom is 0.224 e. The molecular formula is C19H21NO4. The quantitative estimate of drug-likeness (QED) is 0.915. The number of aryl methyl sites for hydroxylation is 2. The Morgan fingerprint density at radius 1 is 1.12 bits per heavy atom. The van der Waals surface area contributed by atoms with E-state index in [0.717, 1.165) is 22.6 Å². The van der Waals surface area contributed by atoms with Gasteiger partial charge in [-0.05, 0) is 42.7 Å². The van der Waals surface area contributed by atoms with E-state index in [1.165, 1.54) is 0 Å². The Balaban J connectivity index is 1.57. The molecule has 0 spiro atoms. The number of fused-ring (bicyclic) bond motifs is 1. The van der Waals surface area contributed by atoms with E-state index < -0.39 is 0 Å². The molecule has 0 atom stereocenters. The van der Waals surface area contributed by atoms with Gasteiger partial charge >= 0.3 is 0 Å². The third-order valence-electron chi connectivity index (χ3n) is 3.93. The standard InChI is InChI=1S/C19H21NO4/c1-13-11-14(3-6-16(13)22-2)4-8-19(21)20-15-5-7-17-18(12-15)24-10-9-23-17/h3,5-7,11-12H,4,8-10H2,1-2H3,(H,20,21). The molecule has 0 saturated carbocycles. The maximum atomic E-state index is 12.2. The molecule has 5 nitrogen and oxygen atoms in total. The Bertz CT molecular complexity index is 742. The topological polar surface area (TPSA) is 56.8 Å². The van der Waals surface area contributed by atoms with Crippen molar-refractivity contribution >= 4 is 11.6 Å².